The van der Waals surface area contributed by atoms with Crippen LogP contribution in [0.1, 0.15) is 18.9 Å². The average Bonchev–Trinajstić information content (AvgIpc) is 2.49. The number of methoxy groups -OCH3 is 1. The molecule has 0 bridgehead atoms. The van der Waals surface area contributed by atoms with Gasteiger partial charge in [-0.15, -0.1) is 0 Å². The summed E-state index contributed by atoms with van der Waals surface area (Å²) < 4.78 is 16.3. The Bertz CT molecular complexity index is 415. The van der Waals surface area contributed by atoms with Crippen molar-refractivity contribution in [2.45, 2.75) is 19.9 Å². The zero-order valence-corrected chi connectivity index (χ0v) is 13.4. The Hall–Kier alpha value is -1.01. The van der Waals surface area contributed by atoms with Gasteiger partial charge in [0.2, 0.25) is 0 Å². The number of hydrogen-bond donors (Lipinski definition) is 2. The molecule has 0 saturated heterocycles. The van der Waals surface area contributed by atoms with Crippen LogP contribution in [-0.4, -0.2) is 45.2 Å². The van der Waals surface area contributed by atoms with Gasteiger partial charge in [0.05, 0.1) is 33.5 Å². The average molecular weight is 318 g/mol. The number of aliphatic hydroxyl groups is 1. The highest BCUT2D eigenvalue weighted by Crippen LogP contribution is 2.34. The van der Waals surface area contributed by atoms with Crippen molar-refractivity contribution in [2.24, 2.45) is 0 Å². The van der Waals surface area contributed by atoms with E-state index in [4.69, 9.17) is 30.9 Å². The Labute approximate surface area is 131 Å². The van der Waals surface area contributed by atoms with Crippen LogP contribution in [0.5, 0.6) is 11.5 Å². The third-order valence-corrected chi connectivity index (χ3v) is 2.96. The molecule has 1 rings (SSSR count). The van der Waals surface area contributed by atoms with Gasteiger partial charge in [0.25, 0.3) is 0 Å². The van der Waals surface area contributed by atoms with Crippen LogP contribution in [0, 0.1) is 0 Å². The minimum Gasteiger partial charge on any atom is -0.493 e. The fourth-order valence-electron chi connectivity index (χ4n) is 1.81. The highest BCUT2D eigenvalue weighted by atomic mass is 35.5. The maximum Gasteiger partial charge on any atom is 0.165 e. The predicted molar refractivity (Wildman–Crippen MR) is 83.4 cm³/mol. The van der Waals surface area contributed by atoms with Gasteiger partial charge in [-0.3, -0.25) is 0 Å². The lowest BCUT2D eigenvalue weighted by Gasteiger charge is -2.16. The molecular weight excluding hydrogens is 294 g/mol. The first-order valence-corrected chi connectivity index (χ1v) is 7.49. The van der Waals surface area contributed by atoms with E-state index in [1.54, 1.807) is 13.2 Å². The van der Waals surface area contributed by atoms with E-state index in [2.05, 4.69) is 12.2 Å². The minimum atomic E-state index is 0.0422. The summed E-state index contributed by atoms with van der Waals surface area (Å²) in [5.74, 6) is 1.37. The van der Waals surface area contributed by atoms with Gasteiger partial charge in [0, 0.05) is 29.7 Å². The molecule has 0 amide bonds. The molecule has 0 saturated carbocycles. The Balaban J connectivity index is 2.63. The molecule has 5 nitrogen and oxygen atoms in total. The number of rotatable bonds is 11. The number of aliphatic hydroxyl groups excluding tert-OH is 1. The van der Waals surface area contributed by atoms with E-state index in [1.807, 2.05) is 6.07 Å². The molecule has 0 aliphatic rings. The summed E-state index contributed by atoms with van der Waals surface area (Å²) >= 11 is 6.10. The van der Waals surface area contributed by atoms with Crippen LogP contribution in [-0.2, 0) is 11.3 Å². The molecule has 2 N–H and O–H groups in total. The number of halogens is 1. The van der Waals surface area contributed by atoms with Crippen LogP contribution in [0.3, 0.4) is 0 Å². The lowest BCUT2D eigenvalue weighted by Crippen LogP contribution is -2.20. The van der Waals surface area contributed by atoms with E-state index in [1.165, 1.54) is 0 Å². The monoisotopic (exact) mass is 317 g/mol. The minimum absolute atomic E-state index is 0.0422. The van der Waals surface area contributed by atoms with Gasteiger partial charge >= 0.3 is 0 Å². The number of hydrogen-bond acceptors (Lipinski definition) is 5. The third kappa shape index (κ3) is 6.52. The van der Waals surface area contributed by atoms with Crippen LogP contribution >= 0.6 is 11.6 Å². The van der Waals surface area contributed by atoms with Crippen molar-refractivity contribution >= 4 is 11.6 Å². The summed E-state index contributed by atoms with van der Waals surface area (Å²) in [5, 5.41) is 12.5. The summed E-state index contributed by atoms with van der Waals surface area (Å²) in [6.45, 7) is 4.92. The molecule has 0 unspecified atom stereocenters. The van der Waals surface area contributed by atoms with Crippen LogP contribution in [0.2, 0.25) is 5.02 Å². The fraction of sp³-hybridized carbons (Fsp3) is 0.600. The lowest BCUT2D eigenvalue weighted by atomic mass is 10.2. The maximum atomic E-state index is 8.62. The third-order valence-electron chi connectivity index (χ3n) is 2.74. The number of nitrogens with one attached hydrogen (secondary N) is 1. The largest absolute Gasteiger partial charge is 0.493 e. The molecule has 0 fully saturated rings. The second-order valence-electron chi connectivity index (χ2n) is 4.46. The van der Waals surface area contributed by atoms with Crippen molar-refractivity contribution in [3.8, 4) is 11.5 Å². The molecule has 120 valence electrons. The summed E-state index contributed by atoms with van der Waals surface area (Å²) in [5.41, 5.74) is 0.954. The Morgan fingerprint density at radius 3 is 2.71 bits per heavy atom. The maximum absolute atomic E-state index is 8.62. The van der Waals surface area contributed by atoms with Gasteiger partial charge < -0.3 is 24.6 Å². The zero-order valence-electron chi connectivity index (χ0n) is 12.7. The highest BCUT2D eigenvalue weighted by Gasteiger charge is 2.12. The lowest BCUT2D eigenvalue weighted by molar-refractivity contribution is 0.0937. The van der Waals surface area contributed by atoms with Crippen LogP contribution in [0.15, 0.2) is 12.1 Å². The molecule has 6 heteroatoms. The van der Waals surface area contributed by atoms with Crippen molar-refractivity contribution in [1.82, 2.24) is 5.32 Å². The first kappa shape index (κ1) is 18.0. The molecule has 21 heavy (non-hydrogen) atoms. The Kier molecular flexibility index (Phi) is 9.17. The zero-order chi connectivity index (χ0) is 15.5. The van der Waals surface area contributed by atoms with Crippen molar-refractivity contribution in [2.75, 3.05) is 40.1 Å². The number of ether oxygens (including phenoxy) is 3. The van der Waals surface area contributed by atoms with Gasteiger partial charge in [-0.2, -0.15) is 0 Å². The normalized spacial score (nSPS) is 10.7. The summed E-state index contributed by atoms with van der Waals surface area (Å²) in [6.07, 6.45) is 0.924. The molecule has 0 aromatic heterocycles. The van der Waals surface area contributed by atoms with Crippen LogP contribution in [0.25, 0.3) is 0 Å². The SMILES string of the molecule is CCCOc1c(CNCCOCCO)cc(Cl)cc1OC. The van der Waals surface area contributed by atoms with Gasteiger partial charge in [-0.1, -0.05) is 18.5 Å². The quantitative estimate of drug-likeness (QED) is 0.613. The Morgan fingerprint density at radius 2 is 2.05 bits per heavy atom. The molecule has 0 atom stereocenters. The van der Waals surface area contributed by atoms with Crippen molar-refractivity contribution in [3.63, 3.8) is 0 Å². The summed E-state index contributed by atoms with van der Waals surface area (Å²) in [6, 6.07) is 3.62. The predicted octanol–water partition coefficient (Wildman–Crippen LogP) is 2.24. The van der Waals surface area contributed by atoms with Gasteiger partial charge in [0.1, 0.15) is 0 Å². The number of benzene rings is 1. The van der Waals surface area contributed by atoms with E-state index in [9.17, 15) is 0 Å². The van der Waals surface area contributed by atoms with Crippen molar-refractivity contribution in [1.29, 1.82) is 0 Å². The van der Waals surface area contributed by atoms with Crippen LogP contribution < -0.4 is 14.8 Å². The van der Waals surface area contributed by atoms with E-state index in [0.29, 0.717) is 43.7 Å². The van der Waals surface area contributed by atoms with E-state index in [-0.39, 0.29) is 6.61 Å². The second kappa shape index (κ2) is 10.7. The smallest absolute Gasteiger partial charge is 0.165 e. The molecule has 0 radical (unpaired) electrons. The summed E-state index contributed by atoms with van der Waals surface area (Å²) in [7, 11) is 1.60. The van der Waals surface area contributed by atoms with E-state index >= 15 is 0 Å². The highest BCUT2D eigenvalue weighted by molar-refractivity contribution is 6.30. The molecule has 0 aliphatic heterocycles. The van der Waals surface area contributed by atoms with Gasteiger partial charge in [0.15, 0.2) is 11.5 Å². The van der Waals surface area contributed by atoms with E-state index < -0.39 is 0 Å². The fourth-order valence-corrected chi connectivity index (χ4v) is 2.04. The molecule has 0 aliphatic carbocycles. The Morgan fingerprint density at radius 1 is 1.24 bits per heavy atom. The van der Waals surface area contributed by atoms with Crippen LogP contribution in [0.4, 0.5) is 0 Å². The molecular formula is C15H24ClNO4. The molecule has 1 aromatic rings. The topological polar surface area (TPSA) is 60.0 Å². The molecule has 1 aromatic carbocycles. The van der Waals surface area contributed by atoms with Gasteiger partial charge in [-0.25, -0.2) is 0 Å². The van der Waals surface area contributed by atoms with E-state index in [0.717, 1.165) is 17.7 Å². The van der Waals surface area contributed by atoms with Crippen molar-refractivity contribution < 1.29 is 19.3 Å². The van der Waals surface area contributed by atoms with Gasteiger partial charge in [-0.05, 0) is 12.5 Å². The summed E-state index contributed by atoms with van der Waals surface area (Å²) in [4.78, 5) is 0. The standard InChI is InChI=1S/C15H24ClNO4/c1-3-6-21-15-12(9-13(16)10-14(15)19-2)11-17-4-7-20-8-5-18/h9-10,17-18H,3-8,11H2,1-2H3. The molecule has 0 spiro atoms. The molecule has 0 heterocycles. The first-order chi connectivity index (χ1) is 10.2. The second-order valence-corrected chi connectivity index (χ2v) is 4.89. The van der Waals surface area contributed by atoms with Crippen molar-refractivity contribution in [3.05, 3.63) is 22.7 Å². The first-order valence-electron chi connectivity index (χ1n) is 7.11.